The Morgan fingerprint density at radius 3 is 2.64 bits per heavy atom. The molecule has 0 saturated heterocycles. The minimum Gasteiger partial charge on any atom is -0.495 e. The third-order valence-electron chi connectivity index (χ3n) is 5.82. The molecule has 0 saturated carbocycles. The minimum absolute atomic E-state index is 0.00334. The Kier molecular flexibility index (Phi) is 5.30. The molecule has 1 aliphatic carbocycles. The average Bonchev–Trinajstić information content (AvgIpc) is 2.98. The van der Waals surface area contributed by atoms with Crippen LogP contribution in [0, 0.1) is 11.3 Å². The number of carbonyl (C=O) groups excluding carboxylic acids is 1. The van der Waals surface area contributed by atoms with Gasteiger partial charge in [-0.25, -0.2) is 0 Å². The molecule has 0 spiro atoms. The fourth-order valence-corrected chi connectivity index (χ4v) is 6.98. The highest BCUT2D eigenvalue weighted by Crippen LogP contribution is 2.47. The van der Waals surface area contributed by atoms with E-state index in [9.17, 15) is 4.79 Å². The van der Waals surface area contributed by atoms with Gasteiger partial charge in [-0.3, -0.25) is 4.79 Å². The van der Waals surface area contributed by atoms with Crippen LogP contribution in [0.3, 0.4) is 0 Å². The molecule has 2 aromatic rings. The molecule has 2 N–H and O–H groups in total. The van der Waals surface area contributed by atoms with Gasteiger partial charge in [-0.1, -0.05) is 36.7 Å². The van der Waals surface area contributed by atoms with E-state index in [2.05, 4.69) is 63.3 Å². The second-order valence-corrected chi connectivity index (χ2v) is 11.4. The molecule has 1 aromatic heterocycles. The second-order valence-electron chi connectivity index (χ2n) is 8.57. The fourth-order valence-electron chi connectivity index (χ4n) is 4.20. The number of rotatable bonds is 2. The standard InChI is InChI=1S/C21H24Br2N2O2S/c1-21(2,3)10-5-6-12-15(7-10)28-20-16(12)19(26)24-18(25-20)13-8-11(22)9-14(23)17(13)27-4/h8-10,18,25H,5-7H2,1-4H3,(H,24,26). The smallest absolute Gasteiger partial charge is 0.256 e. The molecule has 150 valence electrons. The molecule has 4 rings (SSSR count). The highest BCUT2D eigenvalue weighted by Gasteiger charge is 2.37. The molecule has 0 bridgehead atoms. The Labute approximate surface area is 186 Å². The number of benzene rings is 1. The van der Waals surface area contributed by atoms with Crippen LogP contribution in [0.15, 0.2) is 21.1 Å². The number of hydrogen-bond acceptors (Lipinski definition) is 4. The third kappa shape index (κ3) is 3.50. The van der Waals surface area contributed by atoms with E-state index >= 15 is 0 Å². The lowest BCUT2D eigenvalue weighted by atomic mass is 9.72. The Morgan fingerprint density at radius 1 is 1.21 bits per heavy atom. The van der Waals surface area contributed by atoms with E-state index in [1.54, 1.807) is 18.4 Å². The van der Waals surface area contributed by atoms with Crippen molar-refractivity contribution in [3.63, 3.8) is 0 Å². The third-order valence-corrected chi connectivity index (χ3v) is 8.05. The molecule has 2 aliphatic rings. The summed E-state index contributed by atoms with van der Waals surface area (Å²) in [5, 5.41) is 7.66. The largest absolute Gasteiger partial charge is 0.495 e. The number of methoxy groups -OCH3 is 1. The van der Waals surface area contributed by atoms with E-state index in [1.807, 2.05) is 12.1 Å². The highest BCUT2D eigenvalue weighted by molar-refractivity contribution is 9.11. The van der Waals surface area contributed by atoms with Crippen molar-refractivity contribution < 1.29 is 9.53 Å². The van der Waals surface area contributed by atoms with Crippen LogP contribution in [0.5, 0.6) is 5.75 Å². The van der Waals surface area contributed by atoms with Crippen molar-refractivity contribution in [2.24, 2.45) is 11.3 Å². The Balaban J connectivity index is 1.70. The van der Waals surface area contributed by atoms with Gasteiger partial charge >= 0.3 is 0 Å². The predicted molar refractivity (Wildman–Crippen MR) is 122 cm³/mol. The monoisotopic (exact) mass is 526 g/mol. The van der Waals surface area contributed by atoms with Crippen LogP contribution in [0.1, 0.15) is 59.7 Å². The fraction of sp³-hybridized carbons (Fsp3) is 0.476. The first-order valence-electron chi connectivity index (χ1n) is 9.44. The summed E-state index contributed by atoms with van der Waals surface area (Å²) in [4.78, 5) is 14.4. The SMILES string of the molecule is COc1c(Br)cc(Br)cc1C1NC(=O)c2c(sc3c2CCC(C(C)(C)C)C3)N1. The normalized spacial score (nSPS) is 21.4. The first kappa shape index (κ1) is 20.2. The van der Waals surface area contributed by atoms with E-state index in [4.69, 9.17) is 4.74 Å². The summed E-state index contributed by atoms with van der Waals surface area (Å²) in [6.45, 7) is 6.94. The minimum atomic E-state index is -0.331. The van der Waals surface area contributed by atoms with Gasteiger partial charge < -0.3 is 15.4 Å². The van der Waals surface area contributed by atoms with Gasteiger partial charge in [0.05, 0.1) is 17.1 Å². The van der Waals surface area contributed by atoms with Crippen molar-refractivity contribution in [3.8, 4) is 5.75 Å². The van der Waals surface area contributed by atoms with Crippen molar-refractivity contribution in [1.82, 2.24) is 5.32 Å². The zero-order chi connectivity index (χ0) is 20.2. The van der Waals surface area contributed by atoms with E-state index < -0.39 is 0 Å². The van der Waals surface area contributed by atoms with Crippen LogP contribution in [-0.4, -0.2) is 13.0 Å². The summed E-state index contributed by atoms with van der Waals surface area (Å²) < 4.78 is 7.36. The molecule has 7 heteroatoms. The number of anilines is 1. The maximum atomic E-state index is 13.0. The molecular formula is C21H24Br2N2O2S. The molecule has 2 heterocycles. The van der Waals surface area contributed by atoms with Crippen LogP contribution in [0.2, 0.25) is 0 Å². The van der Waals surface area contributed by atoms with Crippen molar-refractivity contribution in [3.05, 3.63) is 42.6 Å². The maximum Gasteiger partial charge on any atom is 0.256 e. The van der Waals surface area contributed by atoms with Gasteiger partial charge in [-0.15, -0.1) is 11.3 Å². The molecule has 1 aliphatic heterocycles. The summed E-state index contributed by atoms with van der Waals surface area (Å²) in [6, 6.07) is 3.92. The zero-order valence-electron chi connectivity index (χ0n) is 16.4. The molecule has 2 unspecified atom stereocenters. The predicted octanol–water partition coefficient (Wildman–Crippen LogP) is 6.29. The van der Waals surface area contributed by atoms with Gasteiger partial charge in [0.1, 0.15) is 16.9 Å². The number of ether oxygens (including phenoxy) is 1. The van der Waals surface area contributed by atoms with Crippen molar-refractivity contribution >= 4 is 54.1 Å². The van der Waals surface area contributed by atoms with Crippen LogP contribution in [-0.2, 0) is 12.8 Å². The van der Waals surface area contributed by atoms with E-state index in [0.717, 1.165) is 50.1 Å². The van der Waals surface area contributed by atoms with Gasteiger partial charge in [-0.05, 0) is 64.2 Å². The second kappa shape index (κ2) is 7.33. The number of fused-ring (bicyclic) bond motifs is 3. The number of carbonyl (C=O) groups is 1. The number of hydrogen-bond donors (Lipinski definition) is 2. The molecule has 0 radical (unpaired) electrons. The lowest BCUT2D eigenvalue weighted by Gasteiger charge is -2.34. The molecule has 0 fully saturated rings. The average molecular weight is 528 g/mol. The summed E-state index contributed by atoms with van der Waals surface area (Å²) >= 11 is 8.83. The van der Waals surface area contributed by atoms with Crippen molar-refractivity contribution in [2.45, 2.75) is 46.2 Å². The van der Waals surface area contributed by atoms with Gasteiger partial charge in [0.25, 0.3) is 5.91 Å². The Morgan fingerprint density at radius 2 is 1.96 bits per heavy atom. The maximum absolute atomic E-state index is 13.0. The Bertz CT molecular complexity index is 949. The van der Waals surface area contributed by atoms with Gasteiger partial charge in [0.2, 0.25) is 0 Å². The topological polar surface area (TPSA) is 50.4 Å². The summed E-state index contributed by atoms with van der Waals surface area (Å²) in [5.74, 6) is 1.38. The number of halogens is 2. The lowest BCUT2D eigenvalue weighted by Crippen LogP contribution is -2.38. The van der Waals surface area contributed by atoms with E-state index in [-0.39, 0.29) is 17.5 Å². The molecule has 1 aromatic carbocycles. The number of amides is 1. The zero-order valence-corrected chi connectivity index (χ0v) is 20.4. The first-order chi connectivity index (χ1) is 13.2. The van der Waals surface area contributed by atoms with Crippen LogP contribution in [0.25, 0.3) is 0 Å². The van der Waals surface area contributed by atoms with Gasteiger partial charge in [0, 0.05) is 14.9 Å². The summed E-state index contributed by atoms with van der Waals surface area (Å²) in [6.07, 6.45) is 2.85. The molecule has 1 amide bonds. The van der Waals surface area contributed by atoms with Gasteiger partial charge in [0.15, 0.2) is 0 Å². The summed E-state index contributed by atoms with van der Waals surface area (Å²) in [7, 11) is 1.64. The molecular weight excluding hydrogens is 504 g/mol. The molecule has 2 atom stereocenters. The van der Waals surface area contributed by atoms with E-state index in [1.165, 1.54) is 10.4 Å². The van der Waals surface area contributed by atoms with Crippen LogP contribution in [0.4, 0.5) is 5.00 Å². The van der Waals surface area contributed by atoms with Crippen LogP contribution < -0.4 is 15.4 Å². The molecule has 28 heavy (non-hydrogen) atoms. The van der Waals surface area contributed by atoms with E-state index in [0.29, 0.717) is 5.92 Å². The molecule has 4 nitrogen and oxygen atoms in total. The first-order valence-corrected chi connectivity index (χ1v) is 11.8. The highest BCUT2D eigenvalue weighted by atomic mass is 79.9. The summed E-state index contributed by atoms with van der Waals surface area (Å²) in [5.41, 5.74) is 3.26. The van der Waals surface area contributed by atoms with Crippen molar-refractivity contribution in [2.75, 3.05) is 12.4 Å². The lowest BCUT2D eigenvalue weighted by molar-refractivity contribution is 0.0934. The number of nitrogens with one attached hydrogen (secondary N) is 2. The number of thiophene rings is 1. The van der Waals surface area contributed by atoms with Crippen LogP contribution >= 0.6 is 43.2 Å². The van der Waals surface area contributed by atoms with Gasteiger partial charge in [-0.2, -0.15) is 0 Å². The van der Waals surface area contributed by atoms with Crippen molar-refractivity contribution in [1.29, 1.82) is 0 Å². The quantitative estimate of drug-likeness (QED) is 0.482. The Hall–Kier alpha value is -1.05.